The van der Waals surface area contributed by atoms with Gasteiger partial charge in [-0.1, -0.05) is 29.3 Å². The summed E-state index contributed by atoms with van der Waals surface area (Å²) in [6, 6.07) is 8.34. The number of nitrogens with zero attached hydrogens (tertiary/aromatic N) is 1. The lowest BCUT2D eigenvalue weighted by Gasteiger charge is -2.15. The van der Waals surface area contributed by atoms with Gasteiger partial charge >= 0.3 is 5.97 Å². The molecule has 1 aromatic heterocycles. The minimum atomic E-state index is -0.535. The predicted octanol–water partition coefficient (Wildman–Crippen LogP) is 3.54. The van der Waals surface area contributed by atoms with Crippen molar-refractivity contribution < 1.29 is 18.7 Å². The predicted molar refractivity (Wildman–Crippen MR) is 84.3 cm³/mol. The molecule has 5 nitrogen and oxygen atoms in total. The van der Waals surface area contributed by atoms with E-state index in [4.69, 9.17) is 32.4 Å². The Morgan fingerprint density at radius 1 is 1.30 bits per heavy atom. The highest BCUT2D eigenvalue weighted by atomic mass is 35.5. The number of carbonyl (C=O) groups is 2. The normalized spacial score (nSPS) is 17.6. The molecule has 3 rings (SSSR count). The molecular formula is C16H13Cl2NO4. The molecule has 1 amide bonds. The van der Waals surface area contributed by atoms with Gasteiger partial charge in [0.05, 0.1) is 23.7 Å². The highest BCUT2D eigenvalue weighted by Crippen LogP contribution is 2.32. The zero-order valence-corrected chi connectivity index (χ0v) is 13.5. The quantitative estimate of drug-likeness (QED) is 0.623. The van der Waals surface area contributed by atoms with Gasteiger partial charge in [0.25, 0.3) is 0 Å². The summed E-state index contributed by atoms with van der Waals surface area (Å²) >= 11 is 11.9. The van der Waals surface area contributed by atoms with Crippen LogP contribution in [0.3, 0.4) is 0 Å². The van der Waals surface area contributed by atoms with Crippen molar-refractivity contribution in [2.24, 2.45) is 5.92 Å². The van der Waals surface area contributed by atoms with Crippen molar-refractivity contribution in [1.29, 1.82) is 0 Å². The highest BCUT2D eigenvalue weighted by molar-refractivity contribution is 6.43. The molecular weight excluding hydrogens is 341 g/mol. The zero-order chi connectivity index (χ0) is 16.4. The van der Waals surface area contributed by atoms with Crippen LogP contribution in [0.2, 0.25) is 10.0 Å². The summed E-state index contributed by atoms with van der Waals surface area (Å²) in [5.74, 6) is -0.274. The molecule has 0 radical (unpaired) electrons. The van der Waals surface area contributed by atoms with E-state index in [1.165, 1.54) is 0 Å². The average Bonchev–Trinajstić information content (AvgIpc) is 3.15. The number of ether oxygens (including phenoxy) is 1. The molecule has 0 aliphatic carbocycles. The van der Waals surface area contributed by atoms with Crippen molar-refractivity contribution in [2.45, 2.75) is 13.0 Å². The molecule has 7 heteroatoms. The summed E-state index contributed by atoms with van der Waals surface area (Å²) in [5.41, 5.74) is 0. The highest BCUT2D eigenvalue weighted by Gasteiger charge is 2.36. The Kier molecular flexibility index (Phi) is 4.59. The number of hydrogen-bond donors (Lipinski definition) is 0. The Morgan fingerprint density at radius 3 is 2.87 bits per heavy atom. The monoisotopic (exact) mass is 353 g/mol. The van der Waals surface area contributed by atoms with E-state index in [9.17, 15) is 9.59 Å². The van der Waals surface area contributed by atoms with Gasteiger partial charge in [0, 0.05) is 13.0 Å². The van der Waals surface area contributed by atoms with Crippen LogP contribution in [0.4, 0.5) is 0 Å². The van der Waals surface area contributed by atoms with Crippen LogP contribution in [0.1, 0.15) is 12.2 Å². The molecule has 0 saturated carbocycles. The largest absolute Gasteiger partial charge is 0.467 e. The van der Waals surface area contributed by atoms with Gasteiger partial charge in [-0.2, -0.15) is 0 Å². The van der Waals surface area contributed by atoms with Crippen molar-refractivity contribution in [1.82, 2.24) is 4.90 Å². The standard InChI is InChI=1S/C16H13Cl2NO4/c17-12-4-1-5-13(15(12)18)23-16(21)10-7-14(20)19(8-10)9-11-3-2-6-22-11/h1-6,10H,7-9H2/t10-/m0/s1. The third-order valence-electron chi connectivity index (χ3n) is 3.60. The van der Waals surface area contributed by atoms with Crippen molar-refractivity contribution in [3.05, 3.63) is 52.4 Å². The van der Waals surface area contributed by atoms with Crippen LogP contribution in [0.25, 0.3) is 0 Å². The van der Waals surface area contributed by atoms with Crippen LogP contribution in [0.5, 0.6) is 5.75 Å². The molecule has 0 N–H and O–H groups in total. The van der Waals surface area contributed by atoms with Gasteiger partial charge in [-0.25, -0.2) is 0 Å². The minimum absolute atomic E-state index is 0.109. The summed E-state index contributed by atoms with van der Waals surface area (Å²) in [4.78, 5) is 25.8. The molecule has 0 bridgehead atoms. The third-order valence-corrected chi connectivity index (χ3v) is 4.40. The van der Waals surface area contributed by atoms with Crippen LogP contribution in [0.15, 0.2) is 41.0 Å². The molecule has 1 aliphatic rings. The summed E-state index contributed by atoms with van der Waals surface area (Å²) in [6.45, 7) is 0.629. The van der Waals surface area contributed by atoms with Gasteiger partial charge in [-0.15, -0.1) is 0 Å². The van der Waals surface area contributed by atoms with E-state index in [1.54, 1.807) is 41.5 Å². The first-order valence-electron chi connectivity index (χ1n) is 7.00. The smallest absolute Gasteiger partial charge is 0.316 e. The van der Waals surface area contributed by atoms with Crippen LogP contribution < -0.4 is 4.74 Å². The second kappa shape index (κ2) is 6.64. The molecule has 1 aromatic carbocycles. The van der Waals surface area contributed by atoms with E-state index in [0.29, 0.717) is 17.3 Å². The SMILES string of the molecule is O=C(Oc1cccc(Cl)c1Cl)[C@H]1CC(=O)N(Cc2ccco2)C1. The second-order valence-corrected chi connectivity index (χ2v) is 6.01. The summed E-state index contributed by atoms with van der Waals surface area (Å²) in [6.07, 6.45) is 1.65. The second-order valence-electron chi connectivity index (χ2n) is 5.23. The van der Waals surface area contributed by atoms with Gasteiger partial charge in [-0.05, 0) is 24.3 Å². The van der Waals surface area contributed by atoms with Crippen molar-refractivity contribution in [2.75, 3.05) is 6.54 Å². The molecule has 0 unspecified atom stereocenters. The molecule has 1 atom stereocenters. The third kappa shape index (κ3) is 3.51. The fourth-order valence-electron chi connectivity index (χ4n) is 2.43. The maximum atomic E-state index is 12.2. The number of benzene rings is 1. The lowest BCUT2D eigenvalue weighted by molar-refractivity contribution is -0.139. The number of carbonyl (C=O) groups excluding carboxylic acids is 2. The van der Waals surface area contributed by atoms with E-state index >= 15 is 0 Å². The molecule has 1 saturated heterocycles. The Labute approximate surface area is 142 Å². The summed E-state index contributed by atoms with van der Waals surface area (Å²) in [5, 5.41) is 0.484. The average molecular weight is 354 g/mol. The van der Waals surface area contributed by atoms with Gasteiger partial charge < -0.3 is 14.1 Å². The van der Waals surface area contributed by atoms with E-state index < -0.39 is 11.9 Å². The summed E-state index contributed by atoms with van der Waals surface area (Å²) in [7, 11) is 0. The molecule has 0 spiro atoms. The fraction of sp³-hybridized carbons (Fsp3) is 0.250. The fourth-order valence-corrected chi connectivity index (χ4v) is 2.76. The first-order valence-corrected chi connectivity index (χ1v) is 7.76. The minimum Gasteiger partial charge on any atom is -0.467 e. The van der Waals surface area contributed by atoms with E-state index in [-0.39, 0.29) is 29.6 Å². The van der Waals surface area contributed by atoms with Gasteiger partial charge in [0.2, 0.25) is 5.91 Å². The number of amides is 1. The Hall–Kier alpha value is -1.98. The number of esters is 1. The summed E-state index contributed by atoms with van der Waals surface area (Å²) < 4.78 is 10.5. The Bertz CT molecular complexity index is 730. The topological polar surface area (TPSA) is 59.8 Å². The molecule has 2 aromatic rings. The number of furan rings is 1. The van der Waals surface area contributed by atoms with E-state index in [0.717, 1.165) is 0 Å². The maximum absolute atomic E-state index is 12.2. The molecule has 1 fully saturated rings. The number of likely N-dealkylation sites (tertiary alicyclic amines) is 1. The Morgan fingerprint density at radius 2 is 2.13 bits per heavy atom. The van der Waals surface area contributed by atoms with E-state index in [2.05, 4.69) is 0 Å². The molecule has 23 heavy (non-hydrogen) atoms. The van der Waals surface area contributed by atoms with Gasteiger partial charge in [0.1, 0.15) is 10.8 Å². The first-order chi connectivity index (χ1) is 11.0. The number of hydrogen-bond acceptors (Lipinski definition) is 4. The number of halogens is 2. The molecule has 1 aliphatic heterocycles. The van der Waals surface area contributed by atoms with Crippen LogP contribution in [0, 0.1) is 5.92 Å². The van der Waals surface area contributed by atoms with Crippen LogP contribution in [-0.2, 0) is 16.1 Å². The first kappa shape index (κ1) is 15.9. The zero-order valence-electron chi connectivity index (χ0n) is 12.0. The van der Waals surface area contributed by atoms with Gasteiger partial charge in [-0.3, -0.25) is 9.59 Å². The maximum Gasteiger partial charge on any atom is 0.316 e. The number of rotatable bonds is 4. The molecule has 120 valence electrons. The lowest BCUT2D eigenvalue weighted by Crippen LogP contribution is -2.27. The van der Waals surface area contributed by atoms with Crippen molar-refractivity contribution in [3.63, 3.8) is 0 Å². The van der Waals surface area contributed by atoms with Crippen LogP contribution in [-0.4, -0.2) is 23.3 Å². The van der Waals surface area contributed by atoms with Gasteiger partial charge in [0.15, 0.2) is 5.75 Å². The lowest BCUT2D eigenvalue weighted by atomic mass is 10.1. The van der Waals surface area contributed by atoms with E-state index in [1.807, 2.05) is 0 Å². The Balaban J connectivity index is 1.64. The molecule has 2 heterocycles. The van der Waals surface area contributed by atoms with Crippen molar-refractivity contribution >= 4 is 35.1 Å². The van der Waals surface area contributed by atoms with Crippen molar-refractivity contribution in [3.8, 4) is 5.75 Å². The van der Waals surface area contributed by atoms with Crippen LogP contribution >= 0.6 is 23.2 Å².